The largest absolute Gasteiger partial charge is 0.366 e. The Morgan fingerprint density at radius 3 is 2.61 bits per heavy atom. The molecule has 0 bridgehead atoms. The van der Waals surface area contributed by atoms with Crippen molar-refractivity contribution in [3.8, 4) is 0 Å². The number of aryl methyl sites for hydroxylation is 1. The van der Waals surface area contributed by atoms with Crippen LogP contribution in [0.3, 0.4) is 0 Å². The van der Waals surface area contributed by atoms with E-state index in [1.807, 2.05) is 18.0 Å². The lowest BCUT2D eigenvalue weighted by molar-refractivity contribution is 0.187. The third kappa shape index (κ3) is 3.87. The van der Waals surface area contributed by atoms with Gasteiger partial charge in [-0.1, -0.05) is 11.6 Å². The molecule has 2 aliphatic heterocycles. The third-order valence-corrected chi connectivity index (χ3v) is 4.88. The maximum Gasteiger partial charge on any atom is 0.317 e. The van der Waals surface area contributed by atoms with Crippen LogP contribution >= 0.6 is 11.6 Å². The number of carbonyl (C=O) groups excluding carboxylic acids is 1. The predicted molar refractivity (Wildman–Crippen MR) is 92.2 cm³/mol. The average molecular weight is 338 g/mol. The van der Waals surface area contributed by atoms with E-state index < -0.39 is 0 Å². The molecule has 3 heterocycles. The first-order valence-corrected chi connectivity index (χ1v) is 8.64. The van der Waals surface area contributed by atoms with Crippen molar-refractivity contribution in [1.29, 1.82) is 0 Å². The highest BCUT2D eigenvalue weighted by Gasteiger charge is 2.25. The summed E-state index contributed by atoms with van der Waals surface area (Å²) in [6, 6.07) is 0.368. The standard InChI is InChI=1S/C16H24ClN5O/c1-12-10-19-11-14(17)15(12)21-6-8-22(9-7-21)16(23)20-13-2-4-18-5-3-13/h10-11,13,18H,2-9H2,1H3,(H,20,23). The smallest absolute Gasteiger partial charge is 0.317 e. The number of hydrogen-bond donors (Lipinski definition) is 2. The van der Waals surface area contributed by atoms with Crippen molar-refractivity contribution in [3.05, 3.63) is 23.0 Å². The van der Waals surface area contributed by atoms with Crippen molar-refractivity contribution in [3.63, 3.8) is 0 Å². The Morgan fingerprint density at radius 2 is 1.96 bits per heavy atom. The van der Waals surface area contributed by atoms with Crippen LogP contribution in [0.25, 0.3) is 0 Å². The van der Waals surface area contributed by atoms with E-state index >= 15 is 0 Å². The lowest BCUT2D eigenvalue weighted by Gasteiger charge is -2.38. The quantitative estimate of drug-likeness (QED) is 0.861. The Balaban J connectivity index is 1.54. The van der Waals surface area contributed by atoms with Crippen LogP contribution in [0.2, 0.25) is 5.02 Å². The molecule has 3 rings (SSSR count). The number of piperazine rings is 1. The molecule has 2 amide bonds. The first-order valence-electron chi connectivity index (χ1n) is 8.26. The van der Waals surface area contributed by atoms with Crippen LogP contribution in [0.1, 0.15) is 18.4 Å². The first-order chi connectivity index (χ1) is 11.1. The molecular weight excluding hydrogens is 314 g/mol. The molecule has 0 unspecified atom stereocenters. The van der Waals surface area contributed by atoms with Crippen molar-refractivity contribution in [1.82, 2.24) is 20.5 Å². The Bertz CT molecular complexity index is 533. The fourth-order valence-corrected chi connectivity index (χ4v) is 3.62. The van der Waals surface area contributed by atoms with E-state index in [0.717, 1.165) is 63.4 Å². The predicted octanol–water partition coefficient (Wildman–Crippen LogP) is 1.63. The van der Waals surface area contributed by atoms with E-state index in [1.165, 1.54) is 0 Å². The van der Waals surface area contributed by atoms with Crippen molar-refractivity contribution >= 4 is 23.3 Å². The topological polar surface area (TPSA) is 60.5 Å². The zero-order valence-corrected chi connectivity index (χ0v) is 14.3. The molecule has 126 valence electrons. The first kappa shape index (κ1) is 16.3. The zero-order chi connectivity index (χ0) is 16.2. The molecule has 1 aromatic rings. The monoisotopic (exact) mass is 337 g/mol. The summed E-state index contributed by atoms with van der Waals surface area (Å²) in [4.78, 5) is 20.6. The van der Waals surface area contributed by atoms with Crippen LogP contribution in [0.15, 0.2) is 12.4 Å². The summed E-state index contributed by atoms with van der Waals surface area (Å²) < 4.78 is 0. The molecule has 0 aliphatic carbocycles. The fraction of sp³-hybridized carbons (Fsp3) is 0.625. The summed E-state index contributed by atoms with van der Waals surface area (Å²) >= 11 is 6.29. The molecule has 0 atom stereocenters. The van der Waals surface area contributed by atoms with Crippen molar-refractivity contribution < 1.29 is 4.79 Å². The highest BCUT2D eigenvalue weighted by Crippen LogP contribution is 2.29. The second kappa shape index (κ2) is 7.36. The molecule has 0 aromatic carbocycles. The summed E-state index contributed by atoms with van der Waals surface area (Å²) in [5, 5.41) is 7.15. The molecule has 2 saturated heterocycles. The van der Waals surface area contributed by atoms with E-state index in [4.69, 9.17) is 11.6 Å². The zero-order valence-electron chi connectivity index (χ0n) is 13.5. The van der Waals surface area contributed by atoms with Gasteiger partial charge < -0.3 is 20.4 Å². The lowest BCUT2D eigenvalue weighted by Crippen LogP contribution is -2.54. The second-order valence-electron chi connectivity index (χ2n) is 6.23. The summed E-state index contributed by atoms with van der Waals surface area (Å²) in [7, 11) is 0. The molecule has 23 heavy (non-hydrogen) atoms. The number of nitrogens with zero attached hydrogens (tertiary/aromatic N) is 3. The summed E-state index contributed by atoms with van der Waals surface area (Å²) in [6.07, 6.45) is 5.53. The summed E-state index contributed by atoms with van der Waals surface area (Å²) in [5.41, 5.74) is 2.12. The van der Waals surface area contributed by atoms with Gasteiger partial charge in [-0.05, 0) is 38.4 Å². The van der Waals surface area contributed by atoms with Crippen LogP contribution in [0.4, 0.5) is 10.5 Å². The minimum Gasteiger partial charge on any atom is -0.366 e. The van der Waals surface area contributed by atoms with E-state index in [2.05, 4.69) is 20.5 Å². The van der Waals surface area contributed by atoms with Crippen LogP contribution in [-0.2, 0) is 0 Å². The fourth-order valence-electron chi connectivity index (χ4n) is 3.29. The minimum absolute atomic E-state index is 0.0640. The molecule has 0 saturated carbocycles. The maximum absolute atomic E-state index is 12.4. The van der Waals surface area contributed by atoms with Gasteiger partial charge in [0.05, 0.1) is 10.7 Å². The Hall–Kier alpha value is -1.53. The van der Waals surface area contributed by atoms with Crippen molar-refractivity contribution in [2.45, 2.75) is 25.8 Å². The molecule has 2 N–H and O–H groups in total. The number of amides is 2. The highest BCUT2D eigenvalue weighted by molar-refractivity contribution is 6.33. The molecule has 2 aliphatic rings. The number of rotatable bonds is 2. The van der Waals surface area contributed by atoms with Crippen LogP contribution < -0.4 is 15.5 Å². The third-order valence-electron chi connectivity index (χ3n) is 4.61. The van der Waals surface area contributed by atoms with E-state index in [9.17, 15) is 4.79 Å². The summed E-state index contributed by atoms with van der Waals surface area (Å²) in [5.74, 6) is 0. The number of aromatic nitrogens is 1. The van der Waals surface area contributed by atoms with Gasteiger partial charge in [0.1, 0.15) is 0 Å². The van der Waals surface area contributed by atoms with Crippen LogP contribution in [0, 0.1) is 6.92 Å². The Labute approximate surface area is 142 Å². The highest BCUT2D eigenvalue weighted by atomic mass is 35.5. The lowest BCUT2D eigenvalue weighted by atomic mass is 10.1. The number of anilines is 1. The molecule has 1 aromatic heterocycles. The van der Waals surface area contributed by atoms with Gasteiger partial charge in [-0.25, -0.2) is 4.79 Å². The van der Waals surface area contributed by atoms with Gasteiger partial charge >= 0.3 is 6.03 Å². The normalized spacial score (nSPS) is 19.7. The van der Waals surface area contributed by atoms with E-state index in [-0.39, 0.29) is 6.03 Å². The number of halogens is 1. The number of carbonyl (C=O) groups is 1. The van der Waals surface area contributed by atoms with Crippen LogP contribution in [0.5, 0.6) is 0 Å². The van der Waals surface area contributed by atoms with Gasteiger partial charge in [0.25, 0.3) is 0 Å². The molecule has 2 fully saturated rings. The van der Waals surface area contributed by atoms with Crippen LogP contribution in [-0.4, -0.2) is 61.2 Å². The SMILES string of the molecule is Cc1cncc(Cl)c1N1CCN(C(=O)NC2CCNCC2)CC1. The molecular formula is C16H24ClN5O. The van der Waals surface area contributed by atoms with E-state index in [1.54, 1.807) is 6.20 Å². The number of urea groups is 1. The Morgan fingerprint density at radius 1 is 1.26 bits per heavy atom. The minimum atomic E-state index is 0.0640. The van der Waals surface area contributed by atoms with Gasteiger partial charge in [-0.3, -0.25) is 4.98 Å². The van der Waals surface area contributed by atoms with Gasteiger partial charge in [-0.2, -0.15) is 0 Å². The number of pyridine rings is 1. The van der Waals surface area contributed by atoms with Crippen molar-refractivity contribution in [2.24, 2.45) is 0 Å². The number of nitrogens with one attached hydrogen (secondary N) is 2. The summed E-state index contributed by atoms with van der Waals surface area (Å²) in [6.45, 7) is 7.01. The molecule has 6 nitrogen and oxygen atoms in total. The number of hydrogen-bond acceptors (Lipinski definition) is 4. The van der Waals surface area contributed by atoms with Gasteiger partial charge in [-0.15, -0.1) is 0 Å². The second-order valence-corrected chi connectivity index (χ2v) is 6.64. The Kier molecular flexibility index (Phi) is 5.23. The van der Waals surface area contributed by atoms with E-state index in [0.29, 0.717) is 11.1 Å². The number of piperidine rings is 1. The van der Waals surface area contributed by atoms with Gasteiger partial charge in [0.15, 0.2) is 0 Å². The maximum atomic E-state index is 12.4. The van der Waals surface area contributed by atoms with Crippen molar-refractivity contribution in [2.75, 3.05) is 44.2 Å². The van der Waals surface area contributed by atoms with Gasteiger partial charge in [0, 0.05) is 44.6 Å². The van der Waals surface area contributed by atoms with Gasteiger partial charge in [0.2, 0.25) is 0 Å². The molecule has 0 spiro atoms. The molecule has 0 radical (unpaired) electrons. The average Bonchev–Trinajstić information content (AvgIpc) is 2.56. The molecule has 7 heteroatoms.